The van der Waals surface area contributed by atoms with Crippen LogP contribution in [0.2, 0.25) is 0 Å². The van der Waals surface area contributed by atoms with Gasteiger partial charge < -0.3 is 14.9 Å². The molecule has 0 spiro atoms. The first-order chi connectivity index (χ1) is 9.24. The second-order valence-corrected chi connectivity index (χ2v) is 5.03. The number of nitrogens with one attached hydrogen (secondary N) is 2. The number of hydrogen-bond acceptors (Lipinski definition) is 6. The third kappa shape index (κ3) is 2.40. The molecule has 0 radical (unpaired) electrons. The van der Waals surface area contributed by atoms with Gasteiger partial charge in [0.1, 0.15) is 22.7 Å². The van der Waals surface area contributed by atoms with Crippen molar-refractivity contribution in [1.29, 1.82) is 0 Å². The highest BCUT2D eigenvalue weighted by Crippen LogP contribution is 2.13. The maximum absolute atomic E-state index is 11.8. The van der Waals surface area contributed by atoms with Gasteiger partial charge in [-0.05, 0) is 11.4 Å². The monoisotopic (exact) mass is 276 g/mol. The van der Waals surface area contributed by atoms with Gasteiger partial charge in [0, 0.05) is 7.05 Å². The van der Waals surface area contributed by atoms with Crippen LogP contribution in [-0.2, 0) is 20.1 Å². The van der Waals surface area contributed by atoms with Crippen LogP contribution in [0.25, 0.3) is 10.2 Å². The average molecular weight is 276 g/mol. The molecule has 0 unspecified atom stereocenters. The maximum Gasteiger partial charge on any atom is 0.268 e. The minimum Gasteiger partial charge on any atom is -0.320 e. The van der Waals surface area contributed by atoms with E-state index in [1.165, 1.54) is 11.3 Å². The van der Waals surface area contributed by atoms with Crippen LogP contribution < -0.4 is 10.9 Å². The van der Waals surface area contributed by atoms with Crippen LogP contribution in [-0.4, -0.2) is 24.7 Å². The van der Waals surface area contributed by atoms with Gasteiger partial charge in [-0.1, -0.05) is 0 Å². The number of aromatic nitrogens is 5. The van der Waals surface area contributed by atoms with Crippen LogP contribution in [0, 0.1) is 0 Å². The fourth-order valence-electron chi connectivity index (χ4n) is 1.77. The molecule has 3 aromatic heterocycles. The van der Waals surface area contributed by atoms with Crippen LogP contribution in [0.3, 0.4) is 0 Å². The molecule has 7 nitrogen and oxygen atoms in total. The van der Waals surface area contributed by atoms with Crippen LogP contribution in [0.5, 0.6) is 0 Å². The summed E-state index contributed by atoms with van der Waals surface area (Å²) in [7, 11) is 1.88. The Balaban J connectivity index is 1.72. The fourth-order valence-corrected chi connectivity index (χ4v) is 2.49. The van der Waals surface area contributed by atoms with Crippen molar-refractivity contribution in [2.45, 2.75) is 13.1 Å². The Labute approximate surface area is 112 Å². The standard InChI is InChI=1S/C11H12N6OS/c1-17-6-13-16-9(17)5-12-4-8-14-7-2-3-19-10(7)11(18)15-8/h2-3,6,12H,4-5H2,1H3,(H,14,15,18). The zero-order valence-electron chi connectivity index (χ0n) is 10.3. The van der Waals surface area contributed by atoms with Crippen LogP contribution in [0.15, 0.2) is 22.6 Å². The predicted octanol–water partition coefficient (Wildman–Crippen LogP) is 0.403. The summed E-state index contributed by atoms with van der Waals surface area (Å²) in [6.07, 6.45) is 1.65. The van der Waals surface area contributed by atoms with Gasteiger partial charge in [0.2, 0.25) is 0 Å². The molecular formula is C11H12N6OS. The van der Waals surface area contributed by atoms with Crippen molar-refractivity contribution >= 4 is 21.6 Å². The molecule has 0 saturated carbocycles. The topological polar surface area (TPSA) is 88.5 Å². The zero-order chi connectivity index (χ0) is 13.2. The summed E-state index contributed by atoms with van der Waals surface area (Å²) in [5.74, 6) is 1.46. The van der Waals surface area contributed by atoms with Gasteiger partial charge >= 0.3 is 0 Å². The second kappa shape index (κ2) is 4.90. The summed E-state index contributed by atoms with van der Waals surface area (Å²) in [5, 5.41) is 12.8. The van der Waals surface area contributed by atoms with Crippen molar-refractivity contribution in [3.05, 3.63) is 39.8 Å². The van der Waals surface area contributed by atoms with Gasteiger partial charge in [-0.2, -0.15) is 0 Å². The van der Waals surface area contributed by atoms with E-state index in [-0.39, 0.29) is 5.56 Å². The third-order valence-corrected chi connectivity index (χ3v) is 3.65. The number of fused-ring (bicyclic) bond motifs is 1. The van der Waals surface area contributed by atoms with E-state index in [0.717, 1.165) is 11.3 Å². The van der Waals surface area contributed by atoms with E-state index in [4.69, 9.17) is 0 Å². The number of hydrogen-bond donors (Lipinski definition) is 2. The SMILES string of the molecule is Cn1cnnc1CNCc1nc2ccsc2c(=O)[nH]1. The predicted molar refractivity (Wildman–Crippen MR) is 71.8 cm³/mol. The Bertz CT molecular complexity index is 758. The molecule has 0 aliphatic carbocycles. The molecule has 0 fully saturated rings. The van der Waals surface area contributed by atoms with E-state index in [1.807, 2.05) is 23.1 Å². The van der Waals surface area contributed by atoms with Crippen molar-refractivity contribution in [1.82, 2.24) is 30.0 Å². The summed E-state index contributed by atoms with van der Waals surface area (Å²) in [5.41, 5.74) is 0.652. The highest BCUT2D eigenvalue weighted by Gasteiger charge is 2.05. The fraction of sp³-hybridized carbons (Fsp3) is 0.273. The normalized spacial score (nSPS) is 11.2. The molecule has 0 saturated heterocycles. The Morgan fingerprint density at radius 2 is 2.37 bits per heavy atom. The van der Waals surface area contributed by atoms with E-state index in [1.54, 1.807) is 6.33 Å². The second-order valence-electron chi connectivity index (χ2n) is 4.11. The van der Waals surface area contributed by atoms with Crippen molar-refractivity contribution in [3.63, 3.8) is 0 Å². The Morgan fingerprint density at radius 1 is 1.47 bits per heavy atom. The lowest BCUT2D eigenvalue weighted by Gasteiger charge is -2.03. The van der Waals surface area contributed by atoms with Crippen LogP contribution in [0.1, 0.15) is 11.6 Å². The minimum absolute atomic E-state index is 0.0875. The number of aryl methyl sites for hydroxylation is 1. The number of rotatable bonds is 4. The maximum atomic E-state index is 11.8. The molecule has 19 heavy (non-hydrogen) atoms. The van der Waals surface area contributed by atoms with Crippen LogP contribution >= 0.6 is 11.3 Å². The van der Waals surface area contributed by atoms with Gasteiger partial charge in [-0.25, -0.2) is 4.98 Å². The van der Waals surface area contributed by atoms with E-state index < -0.39 is 0 Å². The Hall–Kier alpha value is -2.06. The van der Waals surface area contributed by atoms with Gasteiger partial charge in [0.05, 0.1) is 18.6 Å². The van der Waals surface area contributed by atoms with Crippen LogP contribution in [0.4, 0.5) is 0 Å². The molecule has 3 heterocycles. The smallest absolute Gasteiger partial charge is 0.268 e. The average Bonchev–Trinajstić information content (AvgIpc) is 2.99. The molecule has 0 amide bonds. The first-order valence-corrected chi connectivity index (χ1v) is 6.62. The zero-order valence-corrected chi connectivity index (χ0v) is 11.1. The molecule has 98 valence electrons. The van der Waals surface area contributed by atoms with Gasteiger partial charge in [0.25, 0.3) is 5.56 Å². The third-order valence-electron chi connectivity index (χ3n) is 2.74. The molecule has 0 aromatic carbocycles. The number of nitrogens with zero attached hydrogens (tertiary/aromatic N) is 4. The Morgan fingerprint density at radius 3 is 3.16 bits per heavy atom. The van der Waals surface area contributed by atoms with E-state index in [0.29, 0.717) is 23.6 Å². The number of thiophene rings is 1. The minimum atomic E-state index is -0.0875. The molecule has 3 rings (SSSR count). The first kappa shape index (κ1) is 12.0. The molecule has 0 bridgehead atoms. The van der Waals surface area contributed by atoms with Gasteiger partial charge in [-0.3, -0.25) is 4.79 Å². The molecule has 0 aliphatic heterocycles. The van der Waals surface area contributed by atoms with Crippen molar-refractivity contribution in [2.75, 3.05) is 0 Å². The molecule has 0 atom stereocenters. The highest BCUT2D eigenvalue weighted by atomic mass is 32.1. The molecule has 3 aromatic rings. The van der Waals surface area contributed by atoms with Gasteiger partial charge in [0.15, 0.2) is 0 Å². The van der Waals surface area contributed by atoms with Crippen molar-refractivity contribution < 1.29 is 0 Å². The molecular weight excluding hydrogens is 264 g/mol. The summed E-state index contributed by atoms with van der Waals surface area (Å²) in [6.45, 7) is 1.05. The summed E-state index contributed by atoms with van der Waals surface area (Å²) >= 11 is 1.40. The van der Waals surface area contributed by atoms with Gasteiger partial charge in [-0.15, -0.1) is 21.5 Å². The molecule has 0 aliphatic rings. The lowest BCUT2D eigenvalue weighted by molar-refractivity contribution is 0.619. The summed E-state index contributed by atoms with van der Waals surface area (Å²) in [4.78, 5) is 18.9. The van der Waals surface area contributed by atoms with Crippen molar-refractivity contribution in [2.24, 2.45) is 7.05 Å². The lowest BCUT2D eigenvalue weighted by atomic mass is 10.4. The van der Waals surface area contributed by atoms with E-state index >= 15 is 0 Å². The van der Waals surface area contributed by atoms with E-state index in [2.05, 4.69) is 25.5 Å². The lowest BCUT2D eigenvalue weighted by Crippen LogP contribution is -2.20. The highest BCUT2D eigenvalue weighted by molar-refractivity contribution is 7.17. The number of aromatic amines is 1. The Kier molecular flexibility index (Phi) is 3.10. The largest absolute Gasteiger partial charge is 0.320 e. The molecule has 2 N–H and O–H groups in total. The first-order valence-electron chi connectivity index (χ1n) is 5.74. The summed E-state index contributed by atoms with van der Waals surface area (Å²) < 4.78 is 2.50. The summed E-state index contributed by atoms with van der Waals surface area (Å²) in [6, 6.07) is 1.85. The van der Waals surface area contributed by atoms with Crippen molar-refractivity contribution in [3.8, 4) is 0 Å². The molecule has 8 heteroatoms. The van der Waals surface area contributed by atoms with E-state index in [9.17, 15) is 4.79 Å². The quantitative estimate of drug-likeness (QED) is 0.720. The number of H-pyrrole nitrogens is 1.